The Morgan fingerprint density at radius 1 is 1.04 bits per heavy atom. The number of piperidine rings is 2. The number of nitrogens with one attached hydrogen (secondary N) is 1. The fraction of sp³-hybridized carbons (Fsp3) is 0.562. The van der Waals surface area contributed by atoms with Crippen LogP contribution >= 0.6 is 11.6 Å². The Morgan fingerprint density at radius 2 is 1.63 bits per heavy atom. The SMILES string of the molecule is C[C@@H](O[C@H]1CN2C(=O)CC(N3CCC(C)(NC(=O)CCl)CC3)CC2C1c1ccc(F)cc1)c1cc(C(F)(F)F)cc(C(F)(F)F)c1. The molecule has 252 valence electrons. The summed E-state index contributed by atoms with van der Waals surface area (Å²) in [6, 6.07) is 6.50. The number of carbonyl (C=O) groups is 2. The maximum atomic E-state index is 13.9. The van der Waals surface area contributed by atoms with E-state index in [4.69, 9.17) is 16.3 Å². The van der Waals surface area contributed by atoms with Gasteiger partial charge >= 0.3 is 12.4 Å². The molecule has 5 atom stereocenters. The van der Waals surface area contributed by atoms with Crippen LogP contribution in [0.1, 0.15) is 73.8 Å². The number of halogens is 8. The fourth-order valence-corrected chi connectivity index (χ4v) is 7.15. The van der Waals surface area contributed by atoms with E-state index in [1.807, 2.05) is 6.92 Å². The van der Waals surface area contributed by atoms with Gasteiger partial charge in [0.1, 0.15) is 11.7 Å². The second kappa shape index (κ2) is 13.0. The molecule has 46 heavy (non-hydrogen) atoms. The van der Waals surface area contributed by atoms with Gasteiger partial charge in [0, 0.05) is 49.6 Å². The number of amides is 2. The lowest BCUT2D eigenvalue weighted by Crippen LogP contribution is -2.58. The molecule has 3 saturated heterocycles. The highest BCUT2D eigenvalue weighted by atomic mass is 35.5. The van der Waals surface area contributed by atoms with E-state index in [1.54, 1.807) is 17.0 Å². The standard InChI is InChI=1S/C32H35ClF7N3O3/c1-18(20-11-21(31(35,36)37)13-22(12-20)32(38,39)40)46-26-17-43-25(29(26)19-3-5-23(34)6-4-19)14-24(15-28(43)45)42-9-7-30(2,8-10-42)41-27(44)16-33/h3-6,11-13,18,24-26,29H,7-10,14-17H2,1-2H3,(H,41,44)/t18-,24?,25?,26+,29?/m1/s1. The molecule has 0 bridgehead atoms. The molecule has 3 fully saturated rings. The highest BCUT2D eigenvalue weighted by molar-refractivity contribution is 6.27. The third-order valence-electron chi connectivity index (χ3n) is 9.53. The van der Waals surface area contributed by atoms with Crippen LogP contribution < -0.4 is 5.32 Å². The van der Waals surface area contributed by atoms with Crippen LogP contribution in [0.5, 0.6) is 0 Å². The van der Waals surface area contributed by atoms with Crippen molar-refractivity contribution in [1.29, 1.82) is 0 Å². The first-order valence-corrected chi connectivity index (χ1v) is 15.6. The van der Waals surface area contributed by atoms with E-state index in [2.05, 4.69) is 10.2 Å². The van der Waals surface area contributed by atoms with E-state index in [1.165, 1.54) is 19.1 Å². The van der Waals surface area contributed by atoms with Crippen LogP contribution in [-0.4, -0.2) is 70.9 Å². The quantitative estimate of drug-likeness (QED) is 0.263. The minimum atomic E-state index is -5.01. The van der Waals surface area contributed by atoms with Gasteiger partial charge in [-0.2, -0.15) is 26.3 Å². The van der Waals surface area contributed by atoms with E-state index in [-0.39, 0.29) is 48.3 Å². The van der Waals surface area contributed by atoms with Gasteiger partial charge in [-0.15, -0.1) is 11.6 Å². The van der Waals surface area contributed by atoms with Gasteiger partial charge in [-0.25, -0.2) is 4.39 Å². The Bertz CT molecular complexity index is 1400. The van der Waals surface area contributed by atoms with E-state index >= 15 is 0 Å². The normalized spacial score (nSPS) is 26.1. The Hall–Kier alpha value is -2.90. The summed E-state index contributed by atoms with van der Waals surface area (Å²) in [5.41, 5.74) is -2.96. The monoisotopic (exact) mass is 677 g/mol. The molecule has 0 radical (unpaired) electrons. The molecule has 1 N–H and O–H groups in total. The zero-order valence-electron chi connectivity index (χ0n) is 25.2. The van der Waals surface area contributed by atoms with Gasteiger partial charge in [-0.3, -0.25) is 14.5 Å². The Morgan fingerprint density at radius 3 is 2.17 bits per heavy atom. The van der Waals surface area contributed by atoms with Gasteiger partial charge in [0.25, 0.3) is 0 Å². The van der Waals surface area contributed by atoms with Crippen molar-refractivity contribution in [2.24, 2.45) is 0 Å². The number of benzene rings is 2. The molecule has 3 aliphatic rings. The third-order valence-corrected chi connectivity index (χ3v) is 9.77. The molecule has 2 aromatic carbocycles. The molecule has 0 aliphatic carbocycles. The maximum Gasteiger partial charge on any atom is 0.416 e. The van der Waals surface area contributed by atoms with Crippen LogP contribution in [0.15, 0.2) is 42.5 Å². The number of alkyl halides is 7. The van der Waals surface area contributed by atoms with E-state index in [9.17, 15) is 40.3 Å². The molecule has 2 amide bonds. The molecule has 6 nitrogen and oxygen atoms in total. The van der Waals surface area contributed by atoms with E-state index < -0.39 is 59.0 Å². The molecule has 14 heteroatoms. The fourth-order valence-electron chi connectivity index (χ4n) is 7.09. The first-order chi connectivity index (χ1) is 21.5. The molecule has 0 saturated carbocycles. The van der Waals surface area contributed by atoms with Crippen molar-refractivity contribution in [2.45, 2.75) is 87.6 Å². The Labute approximate surface area is 267 Å². The smallest absolute Gasteiger partial charge is 0.368 e. The number of carbonyl (C=O) groups excluding carboxylic acids is 2. The van der Waals surface area contributed by atoms with Crippen molar-refractivity contribution in [3.8, 4) is 0 Å². The molecule has 3 aliphatic heterocycles. The average Bonchev–Trinajstić information content (AvgIpc) is 3.34. The Kier molecular flexibility index (Phi) is 9.70. The number of hydrogen-bond donors (Lipinski definition) is 1. The van der Waals surface area contributed by atoms with Crippen molar-refractivity contribution < 1.29 is 45.1 Å². The van der Waals surface area contributed by atoms with Gasteiger partial charge in [0.15, 0.2) is 0 Å². The van der Waals surface area contributed by atoms with E-state index in [0.717, 1.165) is 0 Å². The van der Waals surface area contributed by atoms with Gasteiger partial charge in [0.05, 0.1) is 23.3 Å². The zero-order valence-corrected chi connectivity index (χ0v) is 26.0. The number of ether oxygens (including phenoxy) is 1. The van der Waals surface area contributed by atoms with Gasteiger partial charge in [-0.1, -0.05) is 12.1 Å². The maximum absolute atomic E-state index is 13.9. The molecule has 0 spiro atoms. The van der Waals surface area contributed by atoms with Crippen molar-refractivity contribution in [3.05, 3.63) is 70.5 Å². The summed E-state index contributed by atoms with van der Waals surface area (Å²) in [7, 11) is 0. The van der Waals surface area contributed by atoms with Crippen LogP contribution in [-0.2, 0) is 26.7 Å². The molecule has 5 rings (SSSR count). The molecular weight excluding hydrogens is 643 g/mol. The molecule has 3 unspecified atom stereocenters. The Balaban J connectivity index is 1.40. The van der Waals surface area contributed by atoms with Gasteiger partial charge in [-0.05, 0) is 74.6 Å². The minimum absolute atomic E-state index is 0.0706. The zero-order chi connectivity index (χ0) is 33.6. The number of rotatable bonds is 7. The van der Waals surface area contributed by atoms with Crippen LogP contribution in [0.3, 0.4) is 0 Å². The predicted molar refractivity (Wildman–Crippen MR) is 155 cm³/mol. The lowest BCUT2D eigenvalue weighted by Gasteiger charge is -2.46. The van der Waals surface area contributed by atoms with Crippen molar-refractivity contribution in [2.75, 3.05) is 25.5 Å². The highest BCUT2D eigenvalue weighted by Gasteiger charge is 2.51. The van der Waals surface area contributed by atoms with Crippen LogP contribution in [0, 0.1) is 5.82 Å². The first-order valence-electron chi connectivity index (χ1n) is 15.1. The lowest BCUT2D eigenvalue weighted by atomic mass is 9.82. The van der Waals surface area contributed by atoms with Crippen LogP contribution in [0.25, 0.3) is 0 Å². The molecule has 3 heterocycles. The number of likely N-dealkylation sites (tertiary alicyclic amines) is 1. The first kappa shape index (κ1) is 34.4. The molecule has 2 aromatic rings. The van der Waals surface area contributed by atoms with Crippen LogP contribution in [0.4, 0.5) is 30.7 Å². The number of fused-ring (bicyclic) bond motifs is 1. The highest BCUT2D eigenvalue weighted by Crippen LogP contribution is 2.45. The minimum Gasteiger partial charge on any atom is -0.368 e. The number of hydrogen-bond acceptors (Lipinski definition) is 4. The summed E-state index contributed by atoms with van der Waals surface area (Å²) in [5, 5.41) is 2.96. The largest absolute Gasteiger partial charge is 0.416 e. The van der Waals surface area contributed by atoms with Gasteiger partial charge < -0.3 is 15.0 Å². The summed E-state index contributed by atoms with van der Waals surface area (Å²) in [4.78, 5) is 29.3. The third kappa shape index (κ3) is 7.46. The lowest BCUT2D eigenvalue weighted by molar-refractivity contribution is -0.143. The molecular formula is C32H35ClF7N3O3. The van der Waals surface area contributed by atoms with Crippen molar-refractivity contribution in [3.63, 3.8) is 0 Å². The van der Waals surface area contributed by atoms with Crippen molar-refractivity contribution in [1.82, 2.24) is 15.1 Å². The summed E-state index contributed by atoms with van der Waals surface area (Å²) in [5.74, 6) is -1.54. The second-order valence-electron chi connectivity index (χ2n) is 12.7. The summed E-state index contributed by atoms with van der Waals surface area (Å²) in [6.07, 6.45) is -9.94. The van der Waals surface area contributed by atoms with Gasteiger partial charge in [0.2, 0.25) is 11.8 Å². The topological polar surface area (TPSA) is 61.9 Å². The summed E-state index contributed by atoms with van der Waals surface area (Å²) in [6.45, 7) is 4.66. The van der Waals surface area contributed by atoms with Crippen LogP contribution in [0.2, 0.25) is 0 Å². The van der Waals surface area contributed by atoms with E-state index in [0.29, 0.717) is 50.0 Å². The molecule has 0 aromatic heterocycles. The summed E-state index contributed by atoms with van der Waals surface area (Å²) >= 11 is 5.67. The average molecular weight is 678 g/mol. The van der Waals surface area contributed by atoms with Crippen molar-refractivity contribution >= 4 is 23.4 Å². The number of nitrogens with zero attached hydrogens (tertiary/aromatic N) is 2. The summed E-state index contributed by atoms with van der Waals surface area (Å²) < 4.78 is 102. The second-order valence-corrected chi connectivity index (χ2v) is 13.0. The predicted octanol–water partition coefficient (Wildman–Crippen LogP) is 6.68.